The van der Waals surface area contributed by atoms with Crippen LogP contribution in [0.2, 0.25) is 0 Å². The number of phenolic OH excluding ortho intramolecular Hbond substituents is 1. The van der Waals surface area contributed by atoms with E-state index in [0.29, 0.717) is 5.56 Å². The van der Waals surface area contributed by atoms with E-state index in [1.165, 1.54) is 49.7 Å². The normalized spacial score (nSPS) is 10.6. The van der Waals surface area contributed by atoms with E-state index in [1.807, 2.05) is 0 Å². The summed E-state index contributed by atoms with van der Waals surface area (Å²) in [5.41, 5.74) is 3.01. The number of hydrogen-bond acceptors (Lipinski definition) is 6. The van der Waals surface area contributed by atoms with Crippen molar-refractivity contribution in [2.24, 2.45) is 5.10 Å². The highest BCUT2D eigenvalue weighted by atomic mass is 19.1. The highest BCUT2D eigenvalue weighted by molar-refractivity contribution is 5.97. The molecule has 3 aromatic rings. The Bertz CT molecular complexity index is 1110. The van der Waals surface area contributed by atoms with Crippen molar-refractivity contribution in [2.75, 3.05) is 7.11 Å². The van der Waals surface area contributed by atoms with Gasteiger partial charge in [-0.25, -0.2) is 14.6 Å². The summed E-state index contributed by atoms with van der Waals surface area (Å²) in [6.45, 7) is 0. The molecule has 0 fully saturated rings. The van der Waals surface area contributed by atoms with Crippen molar-refractivity contribution in [3.8, 4) is 17.2 Å². The van der Waals surface area contributed by atoms with Gasteiger partial charge in [0.05, 0.1) is 24.5 Å². The largest absolute Gasteiger partial charge is 0.507 e. The first kappa shape index (κ1) is 20.5. The van der Waals surface area contributed by atoms with E-state index < -0.39 is 17.7 Å². The maximum absolute atomic E-state index is 13.3. The fourth-order valence-corrected chi connectivity index (χ4v) is 2.51. The molecule has 0 saturated carbocycles. The number of amides is 1. The number of ether oxygens (including phenoxy) is 2. The van der Waals surface area contributed by atoms with Crippen LogP contribution < -0.4 is 14.9 Å². The third-order valence-electron chi connectivity index (χ3n) is 3.98. The van der Waals surface area contributed by atoms with Crippen LogP contribution in [-0.4, -0.2) is 30.3 Å². The van der Waals surface area contributed by atoms with Gasteiger partial charge in [-0.15, -0.1) is 0 Å². The molecule has 2 N–H and O–H groups in total. The lowest BCUT2D eigenvalue weighted by Gasteiger charge is -2.10. The molecule has 8 heteroatoms. The van der Waals surface area contributed by atoms with E-state index in [9.17, 15) is 19.1 Å². The molecule has 0 heterocycles. The van der Waals surface area contributed by atoms with Crippen molar-refractivity contribution in [2.45, 2.75) is 0 Å². The lowest BCUT2D eigenvalue weighted by molar-refractivity contribution is 0.0729. The molecule has 0 unspecified atom stereocenters. The average molecular weight is 408 g/mol. The van der Waals surface area contributed by atoms with Crippen LogP contribution in [0.15, 0.2) is 71.8 Å². The molecule has 0 radical (unpaired) electrons. The Balaban J connectivity index is 1.69. The Hall–Kier alpha value is -4.20. The van der Waals surface area contributed by atoms with Crippen molar-refractivity contribution in [1.29, 1.82) is 0 Å². The monoisotopic (exact) mass is 408 g/mol. The number of phenols is 1. The second-order valence-corrected chi connectivity index (χ2v) is 6.03. The van der Waals surface area contributed by atoms with Gasteiger partial charge in [0, 0.05) is 0 Å². The Kier molecular flexibility index (Phi) is 6.39. The number of aromatic hydroxyl groups is 1. The molecule has 3 rings (SSSR count). The van der Waals surface area contributed by atoms with Crippen molar-refractivity contribution in [1.82, 2.24) is 5.43 Å². The lowest BCUT2D eigenvalue weighted by Crippen LogP contribution is -2.17. The minimum Gasteiger partial charge on any atom is -0.507 e. The molecule has 1 amide bonds. The summed E-state index contributed by atoms with van der Waals surface area (Å²) in [6, 6.07) is 15.8. The van der Waals surface area contributed by atoms with E-state index in [-0.39, 0.29) is 28.4 Å². The zero-order valence-electron chi connectivity index (χ0n) is 15.8. The maximum Gasteiger partial charge on any atom is 0.343 e. The zero-order chi connectivity index (χ0) is 21.5. The Morgan fingerprint density at radius 2 is 1.83 bits per heavy atom. The molecule has 7 nitrogen and oxygen atoms in total. The van der Waals surface area contributed by atoms with E-state index in [4.69, 9.17) is 9.47 Å². The maximum atomic E-state index is 13.3. The van der Waals surface area contributed by atoms with E-state index in [0.717, 1.165) is 6.07 Å². The number of esters is 1. The molecule has 0 spiro atoms. The number of para-hydroxylation sites is 1. The fraction of sp³-hybridized carbons (Fsp3) is 0.0455. The van der Waals surface area contributed by atoms with Crippen LogP contribution >= 0.6 is 0 Å². The molecule has 0 atom stereocenters. The predicted octanol–water partition coefficient (Wildman–Crippen LogP) is 3.52. The lowest BCUT2D eigenvalue weighted by atomic mass is 10.2. The third kappa shape index (κ3) is 4.99. The van der Waals surface area contributed by atoms with Crippen molar-refractivity contribution in [3.63, 3.8) is 0 Å². The van der Waals surface area contributed by atoms with Crippen molar-refractivity contribution < 1.29 is 28.6 Å². The van der Waals surface area contributed by atoms with Gasteiger partial charge >= 0.3 is 5.97 Å². The Labute approximate surface area is 171 Å². The van der Waals surface area contributed by atoms with Gasteiger partial charge in [-0.2, -0.15) is 5.10 Å². The second kappa shape index (κ2) is 9.33. The molecule has 30 heavy (non-hydrogen) atoms. The standard InChI is InChI=1S/C22H17FN2O5/c1-29-20-11-14(13-24-25-21(27)17-7-2-3-8-18(17)26)9-10-19(20)30-22(28)15-5-4-6-16(23)12-15/h2-13,26H,1H3,(H,25,27)/b24-13-. The molecule has 0 aliphatic carbocycles. The Morgan fingerprint density at radius 3 is 2.57 bits per heavy atom. The molecule has 0 aromatic heterocycles. The van der Waals surface area contributed by atoms with Gasteiger partial charge in [0.25, 0.3) is 5.91 Å². The average Bonchev–Trinajstić information content (AvgIpc) is 2.74. The third-order valence-corrected chi connectivity index (χ3v) is 3.98. The topological polar surface area (TPSA) is 97.2 Å². The SMILES string of the molecule is COc1cc(/C=N\NC(=O)c2ccccc2O)ccc1OC(=O)c1cccc(F)c1. The van der Waals surface area contributed by atoms with Gasteiger partial charge < -0.3 is 14.6 Å². The van der Waals surface area contributed by atoms with Crippen molar-refractivity contribution >= 4 is 18.1 Å². The van der Waals surface area contributed by atoms with Crippen LogP contribution in [0.3, 0.4) is 0 Å². The first-order valence-corrected chi connectivity index (χ1v) is 8.75. The molecule has 3 aromatic carbocycles. The van der Waals surface area contributed by atoms with Crippen molar-refractivity contribution in [3.05, 3.63) is 89.2 Å². The van der Waals surface area contributed by atoms with Gasteiger partial charge in [-0.3, -0.25) is 4.79 Å². The molecular formula is C22H17FN2O5. The Morgan fingerprint density at radius 1 is 1.03 bits per heavy atom. The van der Waals surface area contributed by atoms with E-state index in [2.05, 4.69) is 10.5 Å². The predicted molar refractivity (Wildman–Crippen MR) is 108 cm³/mol. The van der Waals surface area contributed by atoms with Gasteiger partial charge in [0.1, 0.15) is 11.6 Å². The molecule has 152 valence electrons. The van der Waals surface area contributed by atoms with E-state index in [1.54, 1.807) is 24.3 Å². The molecule has 0 bridgehead atoms. The second-order valence-electron chi connectivity index (χ2n) is 6.03. The van der Waals surface area contributed by atoms with Crippen LogP contribution in [0.25, 0.3) is 0 Å². The summed E-state index contributed by atoms with van der Waals surface area (Å²) in [7, 11) is 1.40. The molecule has 0 aliphatic heterocycles. The molecule has 0 aliphatic rings. The first-order valence-electron chi connectivity index (χ1n) is 8.75. The number of carbonyl (C=O) groups is 2. The van der Waals surface area contributed by atoms with Crippen LogP contribution in [0.4, 0.5) is 4.39 Å². The summed E-state index contributed by atoms with van der Waals surface area (Å²) < 4.78 is 23.8. The number of methoxy groups -OCH3 is 1. The smallest absolute Gasteiger partial charge is 0.343 e. The molecular weight excluding hydrogens is 391 g/mol. The summed E-state index contributed by atoms with van der Waals surface area (Å²) in [6.07, 6.45) is 1.36. The minimum absolute atomic E-state index is 0.0644. The minimum atomic E-state index is -0.732. The van der Waals surface area contributed by atoms with Crippen LogP contribution in [0, 0.1) is 5.82 Å². The van der Waals surface area contributed by atoms with E-state index >= 15 is 0 Å². The summed E-state index contributed by atoms with van der Waals surface area (Å²) >= 11 is 0. The van der Waals surface area contributed by atoms with Gasteiger partial charge in [-0.1, -0.05) is 18.2 Å². The highest BCUT2D eigenvalue weighted by Gasteiger charge is 2.13. The van der Waals surface area contributed by atoms with Gasteiger partial charge in [-0.05, 0) is 54.1 Å². The fourth-order valence-electron chi connectivity index (χ4n) is 2.51. The summed E-state index contributed by atoms with van der Waals surface area (Å²) in [5, 5.41) is 13.5. The number of nitrogens with one attached hydrogen (secondary N) is 1. The van der Waals surface area contributed by atoms with Gasteiger partial charge in [0.2, 0.25) is 0 Å². The summed E-state index contributed by atoms with van der Waals surface area (Å²) in [4.78, 5) is 24.2. The number of rotatable bonds is 6. The van der Waals surface area contributed by atoms with Crippen LogP contribution in [0.5, 0.6) is 17.2 Å². The van der Waals surface area contributed by atoms with Crippen LogP contribution in [-0.2, 0) is 0 Å². The number of carbonyl (C=O) groups excluding carboxylic acids is 2. The number of hydrogen-bond donors (Lipinski definition) is 2. The van der Waals surface area contributed by atoms with Crippen LogP contribution in [0.1, 0.15) is 26.3 Å². The number of hydrazone groups is 1. The van der Waals surface area contributed by atoms with Gasteiger partial charge in [0.15, 0.2) is 11.5 Å². The summed E-state index contributed by atoms with van der Waals surface area (Å²) in [5.74, 6) is -1.62. The number of halogens is 1. The zero-order valence-corrected chi connectivity index (χ0v) is 15.8. The highest BCUT2D eigenvalue weighted by Crippen LogP contribution is 2.28. The first-order chi connectivity index (χ1) is 14.5. The number of nitrogens with zero attached hydrogens (tertiary/aromatic N) is 1. The quantitative estimate of drug-likeness (QED) is 0.282. The number of benzene rings is 3. The molecule has 0 saturated heterocycles.